The fourth-order valence-electron chi connectivity index (χ4n) is 5.23. The fraction of sp³-hybridized carbons (Fsp3) is 0.379. The Bertz CT molecular complexity index is 1450. The van der Waals surface area contributed by atoms with E-state index < -0.39 is 24.5 Å². The highest BCUT2D eigenvalue weighted by Gasteiger charge is 2.43. The lowest BCUT2D eigenvalue weighted by molar-refractivity contribution is -0.286. The lowest BCUT2D eigenvalue weighted by atomic mass is 10.0. The molecule has 41 heavy (non-hydrogen) atoms. The number of aromatic nitrogens is 1. The summed E-state index contributed by atoms with van der Waals surface area (Å²) in [6.07, 6.45) is 1.07. The first-order valence-corrected chi connectivity index (χ1v) is 13.3. The molecule has 1 aromatic heterocycles. The van der Waals surface area contributed by atoms with Gasteiger partial charge >= 0.3 is 12.3 Å². The van der Waals surface area contributed by atoms with Crippen molar-refractivity contribution in [1.82, 2.24) is 15.2 Å². The molecule has 2 aromatic carbocycles. The second-order valence-electron chi connectivity index (χ2n) is 10.1. The lowest BCUT2D eigenvalue weighted by Gasteiger charge is -2.35. The molecule has 6 rings (SSSR count). The first-order valence-electron chi connectivity index (χ1n) is 13.3. The number of esters is 1. The molecule has 0 amide bonds. The van der Waals surface area contributed by atoms with Crippen molar-refractivity contribution in [2.45, 2.75) is 43.9 Å². The average molecular weight is 570 g/mol. The maximum Gasteiger partial charge on any atom is 0.586 e. The molecule has 10 nitrogen and oxygen atoms in total. The van der Waals surface area contributed by atoms with E-state index in [0.717, 1.165) is 48.0 Å². The van der Waals surface area contributed by atoms with Gasteiger partial charge in [-0.1, -0.05) is 6.07 Å². The van der Waals surface area contributed by atoms with Crippen LogP contribution in [0.2, 0.25) is 0 Å². The number of nitrogens with zero attached hydrogens (tertiary/aromatic N) is 2. The van der Waals surface area contributed by atoms with Crippen molar-refractivity contribution in [1.29, 1.82) is 0 Å². The standard InChI is InChI=1S/C29H29F2N3O7/c1-36-20-3-4-23-22(15-20)21(6-10-32-23)27(38-28(35)25-9-13-37-41-25)17-34-11-7-19(8-12-34)33-16-18-2-5-24-26(14-18)40-29(30,31)39-24/h2-6,9-10,13-15,19,25,27,33H,7-8,11-12,16-17H2,1H3/t25?,27-/m0/s1. The molecule has 4 heterocycles. The number of piperidine rings is 1. The highest BCUT2D eigenvalue weighted by molar-refractivity contribution is 5.84. The van der Waals surface area contributed by atoms with Crippen molar-refractivity contribution in [3.8, 4) is 17.2 Å². The molecule has 1 N–H and O–H groups in total. The smallest absolute Gasteiger partial charge is 0.497 e. The lowest BCUT2D eigenvalue weighted by Crippen LogP contribution is -2.44. The van der Waals surface area contributed by atoms with Crippen LogP contribution in [0.1, 0.15) is 30.1 Å². The number of alkyl halides is 2. The van der Waals surface area contributed by atoms with Gasteiger partial charge in [0.05, 0.1) is 12.6 Å². The monoisotopic (exact) mass is 569 g/mol. The van der Waals surface area contributed by atoms with Crippen LogP contribution in [0.4, 0.5) is 8.78 Å². The van der Waals surface area contributed by atoms with Crippen molar-refractivity contribution < 1.29 is 42.3 Å². The van der Waals surface area contributed by atoms with Crippen LogP contribution >= 0.6 is 0 Å². The predicted octanol–water partition coefficient (Wildman–Crippen LogP) is 4.25. The molecule has 3 aliphatic heterocycles. The summed E-state index contributed by atoms with van der Waals surface area (Å²) in [4.78, 5) is 29.3. The number of rotatable bonds is 9. The third-order valence-electron chi connectivity index (χ3n) is 7.36. The van der Waals surface area contributed by atoms with E-state index in [-0.39, 0.29) is 17.5 Å². The molecule has 1 fully saturated rings. The summed E-state index contributed by atoms with van der Waals surface area (Å²) in [5.41, 5.74) is 2.41. The van der Waals surface area contributed by atoms with Crippen LogP contribution < -0.4 is 19.5 Å². The van der Waals surface area contributed by atoms with E-state index in [9.17, 15) is 13.6 Å². The molecule has 1 unspecified atom stereocenters. The number of likely N-dealkylation sites (tertiary alicyclic amines) is 1. The van der Waals surface area contributed by atoms with Gasteiger partial charge in [0.2, 0.25) is 6.10 Å². The molecule has 0 saturated carbocycles. The number of carbonyl (C=O) groups is 1. The van der Waals surface area contributed by atoms with Gasteiger partial charge in [-0.2, -0.15) is 4.89 Å². The van der Waals surface area contributed by atoms with Gasteiger partial charge in [0.15, 0.2) is 11.5 Å². The molecule has 2 atom stereocenters. The largest absolute Gasteiger partial charge is 0.586 e. The van der Waals surface area contributed by atoms with Crippen molar-refractivity contribution in [3.05, 3.63) is 72.1 Å². The summed E-state index contributed by atoms with van der Waals surface area (Å²) < 4.78 is 47.1. The van der Waals surface area contributed by atoms with Gasteiger partial charge in [0.25, 0.3) is 0 Å². The van der Waals surface area contributed by atoms with Crippen LogP contribution in [0.25, 0.3) is 10.9 Å². The number of fused-ring (bicyclic) bond motifs is 2. The van der Waals surface area contributed by atoms with Gasteiger partial charge in [0.1, 0.15) is 18.1 Å². The van der Waals surface area contributed by atoms with Gasteiger partial charge in [-0.05, 0) is 74.0 Å². The van der Waals surface area contributed by atoms with E-state index in [2.05, 4.69) is 24.7 Å². The summed E-state index contributed by atoms with van der Waals surface area (Å²) in [6, 6.07) is 12.5. The maximum atomic E-state index is 13.3. The summed E-state index contributed by atoms with van der Waals surface area (Å²) in [6.45, 7) is 2.53. The Hall–Kier alpha value is -4.00. The number of carbonyl (C=O) groups excluding carboxylic acids is 1. The third kappa shape index (κ3) is 6.19. The van der Waals surface area contributed by atoms with Gasteiger partial charge < -0.3 is 29.2 Å². The summed E-state index contributed by atoms with van der Waals surface area (Å²) >= 11 is 0. The minimum Gasteiger partial charge on any atom is -0.497 e. The number of hydrogen-bond acceptors (Lipinski definition) is 10. The van der Waals surface area contributed by atoms with E-state index in [1.54, 1.807) is 25.4 Å². The van der Waals surface area contributed by atoms with Gasteiger partial charge in [-0.25, -0.2) is 4.79 Å². The number of methoxy groups -OCH3 is 1. The zero-order valence-corrected chi connectivity index (χ0v) is 22.3. The van der Waals surface area contributed by atoms with E-state index in [1.165, 1.54) is 18.4 Å². The topological polar surface area (TPSA) is 101 Å². The molecular weight excluding hydrogens is 540 g/mol. The van der Waals surface area contributed by atoms with Crippen LogP contribution in [0.15, 0.2) is 61.0 Å². The Labute approximate surface area is 234 Å². The molecule has 0 aliphatic carbocycles. The molecular formula is C29H29F2N3O7. The summed E-state index contributed by atoms with van der Waals surface area (Å²) in [5, 5.41) is 4.34. The van der Waals surface area contributed by atoms with Gasteiger partial charge in [-0.15, -0.1) is 8.78 Å². The van der Waals surface area contributed by atoms with Crippen LogP contribution in [-0.4, -0.2) is 61.0 Å². The quantitative estimate of drug-likeness (QED) is 0.297. The number of halogens is 2. The molecule has 3 aromatic rings. The molecule has 0 spiro atoms. The van der Waals surface area contributed by atoms with Gasteiger partial charge in [0, 0.05) is 36.3 Å². The summed E-state index contributed by atoms with van der Waals surface area (Å²) in [7, 11) is 1.60. The van der Waals surface area contributed by atoms with Crippen LogP contribution in [0.5, 0.6) is 17.2 Å². The SMILES string of the molecule is COc1ccc2nccc([C@H](CN3CCC(NCc4ccc5c(c4)OC(F)(F)O5)CC3)OC(=O)C3C=COO3)c2c1. The highest BCUT2D eigenvalue weighted by atomic mass is 19.3. The molecule has 1 saturated heterocycles. The zero-order chi connectivity index (χ0) is 28.4. The minimum atomic E-state index is -3.63. The normalized spacial score (nSPS) is 20.6. The minimum absolute atomic E-state index is 0.0331. The van der Waals surface area contributed by atoms with Crippen LogP contribution in [0, 0.1) is 0 Å². The van der Waals surface area contributed by atoms with Crippen molar-refractivity contribution >= 4 is 16.9 Å². The maximum absolute atomic E-state index is 13.3. The van der Waals surface area contributed by atoms with Crippen molar-refractivity contribution in [2.24, 2.45) is 0 Å². The zero-order valence-electron chi connectivity index (χ0n) is 22.3. The molecule has 0 radical (unpaired) electrons. The molecule has 3 aliphatic rings. The number of ether oxygens (including phenoxy) is 4. The Morgan fingerprint density at radius 2 is 1.98 bits per heavy atom. The molecule has 12 heteroatoms. The molecule has 0 bridgehead atoms. The number of nitrogens with one attached hydrogen (secondary N) is 1. The Balaban J connectivity index is 1.11. The predicted molar refractivity (Wildman–Crippen MR) is 141 cm³/mol. The second-order valence-corrected chi connectivity index (χ2v) is 10.1. The number of hydrogen-bond donors (Lipinski definition) is 1. The van der Waals surface area contributed by atoms with Crippen LogP contribution in [-0.2, 0) is 25.9 Å². The average Bonchev–Trinajstić information content (AvgIpc) is 3.62. The summed E-state index contributed by atoms with van der Waals surface area (Å²) in [5.74, 6) is 0.201. The molecule has 216 valence electrons. The Kier molecular flexibility index (Phi) is 7.61. The van der Waals surface area contributed by atoms with Crippen molar-refractivity contribution in [3.63, 3.8) is 0 Å². The van der Waals surface area contributed by atoms with E-state index in [4.69, 9.17) is 19.2 Å². The second kappa shape index (κ2) is 11.5. The van der Waals surface area contributed by atoms with Gasteiger partial charge in [-0.3, -0.25) is 9.88 Å². The first-order chi connectivity index (χ1) is 19.9. The Morgan fingerprint density at radius 1 is 1.15 bits per heavy atom. The van der Waals surface area contributed by atoms with E-state index in [1.807, 2.05) is 24.3 Å². The van der Waals surface area contributed by atoms with Crippen molar-refractivity contribution in [2.75, 3.05) is 26.7 Å². The number of benzene rings is 2. The van der Waals surface area contributed by atoms with E-state index >= 15 is 0 Å². The van der Waals surface area contributed by atoms with Crippen LogP contribution in [0.3, 0.4) is 0 Å². The first kappa shape index (κ1) is 27.2. The Morgan fingerprint density at radius 3 is 2.76 bits per heavy atom. The highest BCUT2D eigenvalue weighted by Crippen LogP contribution is 2.41. The fourth-order valence-corrected chi connectivity index (χ4v) is 5.23. The number of pyridine rings is 1. The third-order valence-corrected chi connectivity index (χ3v) is 7.36. The van der Waals surface area contributed by atoms with E-state index in [0.29, 0.717) is 18.8 Å².